The Morgan fingerprint density at radius 1 is 1.10 bits per heavy atom. The van der Waals surface area contributed by atoms with Gasteiger partial charge in [0.15, 0.2) is 0 Å². The number of phenols is 1. The minimum Gasteiger partial charge on any atom is -0.507 e. The Labute approximate surface area is 121 Å². The minimum atomic E-state index is -0.504. The van der Waals surface area contributed by atoms with Gasteiger partial charge in [0.05, 0.1) is 0 Å². The minimum absolute atomic E-state index is 0.249. The first-order valence-corrected chi connectivity index (χ1v) is 6.69. The lowest BCUT2D eigenvalue weighted by Crippen LogP contribution is -2.18. The largest absolute Gasteiger partial charge is 0.507 e. The normalized spacial score (nSPS) is 12.1. The fraction of sp³-hybridized carbons (Fsp3) is 0.471. The summed E-state index contributed by atoms with van der Waals surface area (Å²) in [6, 6.07) is 3.43. The molecule has 0 radical (unpaired) electrons. The van der Waals surface area contributed by atoms with Gasteiger partial charge < -0.3 is 9.84 Å². The lowest BCUT2D eigenvalue weighted by Gasteiger charge is -2.27. The summed E-state index contributed by atoms with van der Waals surface area (Å²) in [5, 5.41) is 10.5. The highest BCUT2D eigenvalue weighted by atomic mass is 16.5. The summed E-state index contributed by atoms with van der Waals surface area (Å²) in [6.07, 6.45) is 1.13. The number of esters is 1. The summed E-state index contributed by atoms with van der Waals surface area (Å²) in [5.41, 5.74) is 1.02. The zero-order valence-corrected chi connectivity index (χ0v) is 13.2. The van der Waals surface area contributed by atoms with Gasteiger partial charge in [0.25, 0.3) is 0 Å². The second-order valence-electron chi connectivity index (χ2n) is 6.99. The molecular formula is C17H24O3. The van der Waals surface area contributed by atoms with Crippen molar-refractivity contribution >= 4 is 5.97 Å². The Morgan fingerprint density at radius 2 is 1.50 bits per heavy atom. The van der Waals surface area contributed by atoms with Crippen molar-refractivity contribution in [3.05, 3.63) is 35.9 Å². The van der Waals surface area contributed by atoms with Gasteiger partial charge in [0.1, 0.15) is 11.5 Å². The van der Waals surface area contributed by atoms with Crippen LogP contribution >= 0.6 is 0 Å². The summed E-state index contributed by atoms with van der Waals surface area (Å²) in [4.78, 5) is 11.4. The van der Waals surface area contributed by atoms with E-state index in [1.807, 2.05) is 41.5 Å². The van der Waals surface area contributed by atoms with E-state index >= 15 is 0 Å². The van der Waals surface area contributed by atoms with Crippen LogP contribution in [0.2, 0.25) is 0 Å². The Bertz CT molecular complexity index is 493. The maximum atomic E-state index is 11.4. The number of ether oxygens (including phenoxy) is 1. The molecule has 0 saturated heterocycles. The fourth-order valence-corrected chi connectivity index (χ4v) is 1.97. The molecule has 0 aliphatic heterocycles. The highest BCUT2D eigenvalue weighted by Gasteiger charge is 2.27. The number of hydrogen-bond donors (Lipinski definition) is 1. The van der Waals surface area contributed by atoms with E-state index in [4.69, 9.17) is 4.74 Å². The van der Waals surface area contributed by atoms with Crippen LogP contribution in [0.5, 0.6) is 11.5 Å². The quantitative estimate of drug-likeness (QED) is 0.503. The van der Waals surface area contributed by atoms with Gasteiger partial charge >= 0.3 is 5.97 Å². The number of aromatic hydroxyl groups is 1. The standard InChI is InChI=1S/C17H24O3/c1-8-14(18)20-11-9-12(16(2,3)4)15(19)13(10-11)17(5,6)7/h8-10,19H,1H2,2-7H3. The van der Waals surface area contributed by atoms with E-state index in [1.165, 1.54) is 0 Å². The molecule has 0 aliphatic rings. The predicted octanol–water partition coefficient (Wildman–Crippen LogP) is 4.08. The molecule has 3 heteroatoms. The van der Waals surface area contributed by atoms with Gasteiger partial charge in [-0.2, -0.15) is 0 Å². The second-order valence-corrected chi connectivity index (χ2v) is 6.99. The third kappa shape index (κ3) is 3.62. The van der Waals surface area contributed by atoms with Crippen molar-refractivity contribution in [2.45, 2.75) is 52.4 Å². The van der Waals surface area contributed by atoms with E-state index in [2.05, 4.69) is 6.58 Å². The lowest BCUT2D eigenvalue weighted by molar-refractivity contribution is -0.128. The molecule has 1 rings (SSSR count). The molecule has 0 aliphatic carbocycles. The third-order valence-corrected chi connectivity index (χ3v) is 3.08. The molecule has 0 amide bonds. The van der Waals surface area contributed by atoms with Gasteiger partial charge in [0.2, 0.25) is 0 Å². The number of benzene rings is 1. The number of rotatable bonds is 2. The van der Waals surface area contributed by atoms with Crippen LogP contribution in [-0.2, 0) is 15.6 Å². The molecule has 0 spiro atoms. The Hall–Kier alpha value is -1.77. The van der Waals surface area contributed by atoms with Gasteiger partial charge in [-0.3, -0.25) is 0 Å². The summed E-state index contributed by atoms with van der Waals surface area (Å²) in [5.74, 6) is 0.196. The van der Waals surface area contributed by atoms with E-state index in [0.29, 0.717) is 5.75 Å². The average molecular weight is 276 g/mol. The van der Waals surface area contributed by atoms with Crippen LogP contribution in [0.3, 0.4) is 0 Å². The number of carbonyl (C=O) groups excluding carboxylic acids is 1. The molecule has 1 aromatic carbocycles. The monoisotopic (exact) mass is 276 g/mol. The van der Waals surface area contributed by atoms with Crippen LogP contribution < -0.4 is 4.74 Å². The first-order valence-electron chi connectivity index (χ1n) is 6.69. The van der Waals surface area contributed by atoms with Crippen LogP contribution in [0.15, 0.2) is 24.8 Å². The molecule has 0 bridgehead atoms. The molecule has 1 aromatic rings. The zero-order chi connectivity index (χ0) is 15.7. The molecule has 0 fully saturated rings. The molecule has 0 atom stereocenters. The van der Waals surface area contributed by atoms with E-state index in [0.717, 1.165) is 17.2 Å². The average Bonchev–Trinajstić information content (AvgIpc) is 2.28. The van der Waals surface area contributed by atoms with Crippen LogP contribution in [-0.4, -0.2) is 11.1 Å². The maximum absolute atomic E-state index is 11.4. The van der Waals surface area contributed by atoms with Crippen molar-refractivity contribution in [3.63, 3.8) is 0 Å². The van der Waals surface area contributed by atoms with Gasteiger partial charge in [-0.05, 0) is 23.0 Å². The van der Waals surface area contributed by atoms with Crippen molar-refractivity contribution < 1.29 is 14.6 Å². The summed E-state index contributed by atoms with van der Waals surface area (Å²) >= 11 is 0. The third-order valence-electron chi connectivity index (χ3n) is 3.08. The molecule has 0 heterocycles. The summed E-state index contributed by atoms with van der Waals surface area (Å²) in [6.45, 7) is 15.4. The maximum Gasteiger partial charge on any atom is 0.335 e. The zero-order valence-electron chi connectivity index (χ0n) is 13.2. The molecule has 1 N–H and O–H groups in total. The van der Waals surface area contributed by atoms with Gasteiger partial charge in [0, 0.05) is 17.2 Å². The molecule has 110 valence electrons. The Kier molecular flexibility index (Phi) is 4.33. The van der Waals surface area contributed by atoms with Gasteiger partial charge in [-0.1, -0.05) is 48.1 Å². The van der Waals surface area contributed by atoms with E-state index < -0.39 is 5.97 Å². The topological polar surface area (TPSA) is 46.5 Å². The fourth-order valence-electron chi connectivity index (χ4n) is 1.97. The van der Waals surface area contributed by atoms with Crippen molar-refractivity contribution in [1.29, 1.82) is 0 Å². The van der Waals surface area contributed by atoms with Crippen molar-refractivity contribution in [3.8, 4) is 11.5 Å². The second kappa shape index (κ2) is 5.31. The van der Waals surface area contributed by atoms with Crippen LogP contribution in [0.25, 0.3) is 0 Å². The molecule has 20 heavy (non-hydrogen) atoms. The molecule has 3 nitrogen and oxygen atoms in total. The Morgan fingerprint density at radius 3 is 1.80 bits per heavy atom. The lowest BCUT2D eigenvalue weighted by atomic mass is 9.79. The molecule has 0 aromatic heterocycles. The van der Waals surface area contributed by atoms with E-state index in [1.54, 1.807) is 12.1 Å². The smallest absolute Gasteiger partial charge is 0.335 e. The molecular weight excluding hydrogens is 252 g/mol. The van der Waals surface area contributed by atoms with E-state index in [9.17, 15) is 9.90 Å². The van der Waals surface area contributed by atoms with Crippen LogP contribution in [0, 0.1) is 0 Å². The van der Waals surface area contributed by atoms with Gasteiger partial charge in [-0.15, -0.1) is 0 Å². The highest BCUT2D eigenvalue weighted by molar-refractivity contribution is 5.83. The highest BCUT2D eigenvalue weighted by Crippen LogP contribution is 2.41. The SMILES string of the molecule is C=CC(=O)Oc1cc(C(C)(C)C)c(O)c(C(C)(C)C)c1. The summed E-state index contributed by atoms with van der Waals surface area (Å²) < 4.78 is 5.22. The predicted molar refractivity (Wildman–Crippen MR) is 81.3 cm³/mol. The first-order chi connectivity index (χ1) is 8.96. The number of carbonyl (C=O) groups is 1. The van der Waals surface area contributed by atoms with Crippen molar-refractivity contribution in [2.75, 3.05) is 0 Å². The number of phenolic OH excluding ortho intramolecular Hbond substituents is 1. The van der Waals surface area contributed by atoms with E-state index in [-0.39, 0.29) is 16.6 Å². The van der Waals surface area contributed by atoms with Gasteiger partial charge in [-0.25, -0.2) is 4.79 Å². The first kappa shape index (κ1) is 16.3. The summed E-state index contributed by atoms with van der Waals surface area (Å²) in [7, 11) is 0. The molecule has 0 unspecified atom stereocenters. The van der Waals surface area contributed by atoms with Crippen molar-refractivity contribution in [2.24, 2.45) is 0 Å². The Balaban J connectivity index is 3.50. The van der Waals surface area contributed by atoms with Crippen LogP contribution in [0.1, 0.15) is 52.7 Å². The van der Waals surface area contributed by atoms with Crippen LogP contribution in [0.4, 0.5) is 0 Å². The number of hydrogen-bond acceptors (Lipinski definition) is 3. The molecule has 0 saturated carbocycles. The van der Waals surface area contributed by atoms with Crippen molar-refractivity contribution in [1.82, 2.24) is 0 Å².